The standard InChI is InChI=1S/C34H38Cl2N4O5/c1-20(2)45-30(42)16-24(41)19-38-18-22-10-9-21(15-29(22)43-4)33-32(36)26(13-14-39-33)25-7-6-8-27(31(25)35)28-12-11-23(17-37-3)34(40-28)44-5/h6-15,20,24,37-38,41H,16-19H2,1-5H3/t24-/m0/s1. The third kappa shape index (κ3) is 8.51. The Morgan fingerprint density at radius 2 is 1.67 bits per heavy atom. The number of esters is 1. The van der Waals surface area contributed by atoms with Crippen LogP contribution in [-0.2, 0) is 22.6 Å². The summed E-state index contributed by atoms with van der Waals surface area (Å²) in [4.78, 5) is 21.1. The molecule has 0 aliphatic rings. The van der Waals surface area contributed by atoms with Gasteiger partial charge in [-0.2, -0.15) is 0 Å². The summed E-state index contributed by atoms with van der Waals surface area (Å²) in [5, 5.41) is 17.4. The summed E-state index contributed by atoms with van der Waals surface area (Å²) in [6, 6.07) is 17.2. The predicted molar refractivity (Wildman–Crippen MR) is 178 cm³/mol. The molecule has 0 spiro atoms. The Morgan fingerprint density at radius 3 is 2.38 bits per heavy atom. The quantitative estimate of drug-likeness (QED) is 0.135. The fraction of sp³-hybridized carbons (Fsp3) is 0.324. The Balaban J connectivity index is 1.57. The minimum atomic E-state index is -0.867. The molecule has 1 atom stereocenters. The van der Waals surface area contributed by atoms with Crippen molar-refractivity contribution in [3.8, 4) is 45.3 Å². The summed E-state index contributed by atoms with van der Waals surface area (Å²) >= 11 is 14.0. The lowest BCUT2D eigenvalue weighted by Gasteiger charge is -2.16. The number of nitrogens with zero attached hydrogens (tertiary/aromatic N) is 2. The number of ether oxygens (including phenoxy) is 3. The van der Waals surface area contributed by atoms with Crippen LogP contribution in [0, 0.1) is 0 Å². The molecule has 3 N–H and O–H groups in total. The number of rotatable bonds is 14. The maximum Gasteiger partial charge on any atom is 0.308 e. The van der Waals surface area contributed by atoms with Crippen LogP contribution < -0.4 is 20.1 Å². The number of benzene rings is 2. The number of aromatic nitrogens is 2. The lowest BCUT2D eigenvalue weighted by molar-refractivity contribution is -0.149. The fourth-order valence-corrected chi connectivity index (χ4v) is 5.55. The van der Waals surface area contributed by atoms with E-state index in [0.717, 1.165) is 33.4 Å². The zero-order valence-electron chi connectivity index (χ0n) is 26.0. The number of aliphatic hydroxyl groups excluding tert-OH is 1. The summed E-state index contributed by atoms with van der Waals surface area (Å²) in [5.74, 6) is 0.720. The highest BCUT2D eigenvalue weighted by Gasteiger charge is 2.19. The molecule has 0 unspecified atom stereocenters. The molecule has 11 heteroatoms. The van der Waals surface area contributed by atoms with Gasteiger partial charge in [-0.25, -0.2) is 4.98 Å². The zero-order valence-corrected chi connectivity index (χ0v) is 27.5. The first-order valence-corrected chi connectivity index (χ1v) is 15.3. The number of hydrogen-bond donors (Lipinski definition) is 3. The highest BCUT2D eigenvalue weighted by molar-refractivity contribution is 6.39. The number of carbonyl (C=O) groups is 1. The number of methoxy groups -OCH3 is 2. The van der Waals surface area contributed by atoms with Gasteiger partial charge in [0.25, 0.3) is 0 Å². The minimum Gasteiger partial charge on any atom is -0.496 e. The Labute approximate surface area is 273 Å². The van der Waals surface area contributed by atoms with Crippen molar-refractivity contribution in [1.29, 1.82) is 0 Å². The number of pyridine rings is 2. The summed E-state index contributed by atoms with van der Waals surface area (Å²) in [5.41, 5.74) is 6.04. The van der Waals surface area contributed by atoms with E-state index in [1.807, 2.05) is 61.6 Å². The van der Waals surface area contributed by atoms with Crippen molar-refractivity contribution in [3.05, 3.63) is 82.0 Å². The maximum atomic E-state index is 11.8. The molecule has 2 aromatic carbocycles. The fourth-order valence-electron chi connectivity index (χ4n) is 4.90. The van der Waals surface area contributed by atoms with E-state index >= 15 is 0 Å². The van der Waals surface area contributed by atoms with Crippen LogP contribution in [0.2, 0.25) is 10.0 Å². The van der Waals surface area contributed by atoms with Crippen LogP contribution in [0.5, 0.6) is 11.6 Å². The molecule has 0 fully saturated rings. The molecular weight excluding hydrogens is 615 g/mol. The maximum absolute atomic E-state index is 11.8. The second-order valence-electron chi connectivity index (χ2n) is 10.6. The molecule has 0 radical (unpaired) electrons. The molecule has 4 aromatic rings. The van der Waals surface area contributed by atoms with Gasteiger partial charge >= 0.3 is 5.97 Å². The first-order chi connectivity index (χ1) is 21.7. The molecule has 0 saturated heterocycles. The molecule has 0 bridgehead atoms. The van der Waals surface area contributed by atoms with E-state index in [2.05, 4.69) is 15.6 Å². The third-order valence-electron chi connectivity index (χ3n) is 6.98. The van der Waals surface area contributed by atoms with Crippen molar-refractivity contribution in [2.75, 3.05) is 27.8 Å². The number of nitrogens with one attached hydrogen (secondary N) is 2. The van der Waals surface area contributed by atoms with Crippen molar-refractivity contribution < 1.29 is 24.1 Å². The molecule has 0 aliphatic heterocycles. The van der Waals surface area contributed by atoms with Crippen LogP contribution in [-0.4, -0.2) is 61.1 Å². The molecule has 45 heavy (non-hydrogen) atoms. The highest BCUT2D eigenvalue weighted by Crippen LogP contribution is 2.42. The Bertz CT molecular complexity index is 1630. The molecule has 2 heterocycles. The SMILES string of the molecule is CNCc1ccc(-c2cccc(-c3ccnc(-c4ccc(CNC[C@@H](O)CC(=O)OC(C)C)c(OC)c4)c3Cl)c2Cl)nc1OC. The van der Waals surface area contributed by atoms with Crippen molar-refractivity contribution >= 4 is 29.2 Å². The smallest absolute Gasteiger partial charge is 0.308 e. The van der Waals surface area contributed by atoms with E-state index in [1.54, 1.807) is 34.3 Å². The normalized spacial score (nSPS) is 11.8. The summed E-state index contributed by atoms with van der Waals surface area (Å²) in [6.45, 7) is 4.80. The Morgan fingerprint density at radius 1 is 0.933 bits per heavy atom. The van der Waals surface area contributed by atoms with Gasteiger partial charge in [-0.15, -0.1) is 0 Å². The lowest BCUT2D eigenvalue weighted by Crippen LogP contribution is -2.29. The van der Waals surface area contributed by atoms with Gasteiger partial charge < -0.3 is 30.0 Å². The van der Waals surface area contributed by atoms with E-state index in [4.69, 9.17) is 42.4 Å². The van der Waals surface area contributed by atoms with E-state index in [9.17, 15) is 9.90 Å². The van der Waals surface area contributed by atoms with Crippen LogP contribution >= 0.6 is 23.2 Å². The molecular formula is C34H38Cl2N4O5. The van der Waals surface area contributed by atoms with Crippen molar-refractivity contribution in [2.45, 2.75) is 45.6 Å². The summed E-state index contributed by atoms with van der Waals surface area (Å²) < 4.78 is 16.3. The van der Waals surface area contributed by atoms with E-state index in [1.165, 1.54) is 0 Å². The second kappa shape index (κ2) is 16.0. The van der Waals surface area contributed by atoms with Crippen molar-refractivity contribution in [1.82, 2.24) is 20.6 Å². The molecule has 4 rings (SSSR count). The van der Waals surface area contributed by atoms with E-state index in [-0.39, 0.29) is 19.1 Å². The van der Waals surface area contributed by atoms with Crippen LogP contribution in [0.15, 0.2) is 60.8 Å². The number of hydrogen-bond acceptors (Lipinski definition) is 9. The Kier molecular flexibility index (Phi) is 12.2. The second-order valence-corrected chi connectivity index (χ2v) is 11.4. The molecule has 0 amide bonds. The number of aliphatic hydroxyl groups is 1. The molecule has 0 aliphatic carbocycles. The van der Waals surface area contributed by atoms with E-state index in [0.29, 0.717) is 46.2 Å². The highest BCUT2D eigenvalue weighted by atomic mass is 35.5. The molecule has 2 aromatic heterocycles. The average Bonchev–Trinajstić information content (AvgIpc) is 3.01. The van der Waals surface area contributed by atoms with Gasteiger partial charge in [0.1, 0.15) is 5.75 Å². The first kappa shape index (κ1) is 34.1. The molecule has 238 valence electrons. The average molecular weight is 654 g/mol. The summed E-state index contributed by atoms with van der Waals surface area (Å²) in [6.07, 6.45) is 0.524. The topological polar surface area (TPSA) is 115 Å². The number of carbonyl (C=O) groups excluding carboxylic acids is 1. The minimum absolute atomic E-state index is 0.0810. The lowest BCUT2D eigenvalue weighted by atomic mass is 9.99. The Hall–Kier alpha value is -3.73. The van der Waals surface area contributed by atoms with Gasteiger partial charge in [0, 0.05) is 59.2 Å². The van der Waals surface area contributed by atoms with Crippen LogP contribution in [0.25, 0.3) is 33.6 Å². The molecule has 0 saturated carbocycles. The predicted octanol–water partition coefficient (Wildman–Crippen LogP) is 6.31. The zero-order chi connectivity index (χ0) is 32.5. The van der Waals surface area contributed by atoms with Crippen molar-refractivity contribution in [2.24, 2.45) is 0 Å². The summed E-state index contributed by atoms with van der Waals surface area (Å²) in [7, 11) is 5.05. The number of halogens is 2. The first-order valence-electron chi connectivity index (χ1n) is 14.5. The van der Waals surface area contributed by atoms with Crippen LogP contribution in [0.1, 0.15) is 31.4 Å². The third-order valence-corrected chi connectivity index (χ3v) is 7.77. The molecule has 9 nitrogen and oxygen atoms in total. The van der Waals surface area contributed by atoms with Gasteiger partial charge in [0.2, 0.25) is 5.88 Å². The van der Waals surface area contributed by atoms with Crippen molar-refractivity contribution in [3.63, 3.8) is 0 Å². The van der Waals surface area contributed by atoms with E-state index < -0.39 is 12.1 Å². The van der Waals surface area contributed by atoms with Gasteiger partial charge in [0.05, 0.1) is 54.3 Å². The van der Waals surface area contributed by atoms with Gasteiger partial charge in [-0.1, -0.05) is 59.6 Å². The van der Waals surface area contributed by atoms with Crippen LogP contribution in [0.4, 0.5) is 0 Å². The van der Waals surface area contributed by atoms with Crippen LogP contribution in [0.3, 0.4) is 0 Å². The van der Waals surface area contributed by atoms with Gasteiger partial charge in [-0.3, -0.25) is 9.78 Å². The van der Waals surface area contributed by atoms with Gasteiger partial charge in [0.15, 0.2) is 0 Å². The monoisotopic (exact) mass is 652 g/mol. The van der Waals surface area contributed by atoms with Gasteiger partial charge in [-0.05, 0) is 39.1 Å². The largest absolute Gasteiger partial charge is 0.496 e.